The lowest BCUT2D eigenvalue weighted by Gasteiger charge is -2.40. The van der Waals surface area contributed by atoms with Crippen molar-refractivity contribution in [3.8, 4) is 0 Å². The van der Waals surface area contributed by atoms with Crippen molar-refractivity contribution in [2.24, 2.45) is 23.7 Å². The van der Waals surface area contributed by atoms with Crippen molar-refractivity contribution in [3.05, 3.63) is 87.4 Å². The number of nitrogens with one attached hydrogen (secondary N) is 1. The smallest absolute Gasteiger partial charge is 0.306 e. The van der Waals surface area contributed by atoms with Crippen molar-refractivity contribution >= 4 is 34.9 Å². The molecule has 11 nitrogen and oxygen atoms in total. The Hall–Kier alpha value is -3.97. The maximum atomic E-state index is 15.1. The molecule has 1 saturated heterocycles. The van der Waals surface area contributed by atoms with Gasteiger partial charge in [-0.25, -0.2) is 4.98 Å². The van der Waals surface area contributed by atoms with Gasteiger partial charge in [0.25, 0.3) is 5.91 Å². The van der Waals surface area contributed by atoms with Gasteiger partial charge >= 0.3 is 5.97 Å². The zero-order valence-corrected chi connectivity index (χ0v) is 36.6. The summed E-state index contributed by atoms with van der Waals surface area (Å²) < 4.78 is 11.7. The van der Waals surface area contributed by atoms with E-state index in [4.69, 9.17) is 14.5 Å². The van der Waals surface area contributed by atoms with Gasteiger partial charge in [0.2, 0.25) is 5.91 Å². The van der Waals surface area contributed by atoms with E-state index < -0.39 is 35.9 Å². The third-order valence-electron chi connectivity index (χ3n) is 11.7. The highest BCUT2D eigenvalue weighted by Crippen LogP contribution is 2.34. The summed E-state index contributed by atoms with van der Waals surface area (Å²) in [6.07, 6.45) is 4.37. The van der Waals surface area contributed by atoms with E-state index in [0.29, 0.717) is 24.4 Å². The Labute approximate surface area is 349 Å². The van der Waals surface area contributed by atoms with E-state index in [2.05, 4.69) is 37.9 Å². The standard InChI is InChI=1S/C46H66N4O7S/c1-9-32(5)37(25-41(51)39-17-13-14-22-49(39)7)45(53)50(27-35-15-11-10-12-16-35)40(30(2)3)26-42(57-29-56-8)44-48-38(28-58-44)43(52)47-36(23-33(6)46(54)55)24-34-20-18-31(4)19-21-34/h10-12,15-16,18-21,28,30,32-33,36-37,39-40,42H,9,13-14,17,22-27,29H2,1-8H3,(H,47,52)(H,54,55)/t32?,33-,36+,37?,39?,40+,42+/m0/s1. The Kier molecular flexibility index (Phi) is 18.5. The van der Waals surface area contributed by atoms with Crippen LogP contribution in [0.5, 0.6) is 0 Å². The molecular weight excluding hydrogens is 753 g/mol. The zero-order valence-electron chi connectivity index (χ0n) is 35.8. The molecular formula is C46H66N4O7S. The van der Waals surface area contributed by atoms with Crippen molar-refractivity contribution < 1.29 is 33.8 Å². The van der Waals surface area contributed by atoms with Crippen LogP contribution < -0.4 is 5.32 Å². The van der Waals surface area contributed by atoms with Gasteiger partial charge in [0.1, 0.15) is 23.6 Å². The van der Waals surface area contributed by atoms with Gasteiger partial charge in [-0.05, 0) is 69.2 Å². The Balaban J connectivity index is 1.63. The first-order valence-corrected chi connectivity index (χ1v) is 21.8. The number of benzene rings is 2. The molecule has 1 aromatic heterocycles. The third-order valence-corrected chi connectivity index (χ3v) is 12.7. The van der Waals surface area contributed by atoms with Gasteiger partial charge in [-0.1, -0.05) is 108 Å². The molecule has 2 N–H and O–H groups in total. The Morgan fingerprint density at radius 3 is 2.33 bits per heavy atom. The van der Waals surface area contributed by atoms with E-state index in [1.54, 1.807) is 19.4 Å². The second-order valence-corrected chi connectivity index (χ2v) is 17.5. The number of likely N-dealkylation sites (N-methyl/N-ethyl adjacent to an activating group) is 1. The minimum absolute atomic E-state index is 0.000516. The van der Waals surface area contributed by atoms with E-state index in [9.17, 15) is 19.5 Å². The monoisotopic (exact) mass is 818 g/mol. The molecule has 318 valence electrons. The largest absolute Gasteiger partial charge is 0.481 e. The van der Waals surface area contributed by atoms with Crippen molar-refractivity contribution in [2.45, 2.75) is 124 Å². The van der Waals surface area contributed by atoms with Crippen LogP contribution in [0.25, 0.3) is 0 Å². The predicted octanol–water partition coefficient (Wildman–Crippen LogP) is 8.11. The minimum atomic E-state index is -0.921. The zero-order chi connectivity index (χ0) is 42.4. The number of aromatic nitrogens is 1. The molecule has 0 spiro atoms. The highest BCUT2D eigenvalue weighted by molar-refractivity contribution is 7.09. The number of carboxylic acids is 1. The van der Waals surface area contributed by atoms with Gasteiger partial charge in [0.05, 0.1) is 12.0 Å². The van der Waals surface area contributed by atoms with Crippen LogP contribution in [0.4, 0.5) is 0 Å². The van der Waals surface area contributed by atoms with Gasteiger partial charge in [0, 0.05) is 49.9 Å². The number of methoxy groups -OCH3 is 1. The quantitative estimate of drug-likeness (QED) is 0.0909. The van der Waals surface area contributed by atoms with Gasteiger partial charge in [-0.2, -0.15) is 0 Å². The van der Waals surface area contributed by atoms with E-state index in [1.165, 1.54) is 11.3 Å². The van der Waals surface area contributed by atoms with E-state index >= 15 is 4.79 Å². The van der Waals surface area contributed by atoms with Gasteiger partial charge in [-0.3, -0.25) is 24.1 Å². The van der Waals surface area contributed by atoms with Gasteiger partial charge < -0.3 is 24.8 Å². The fourth-order valence-electron chi connectivity index (χ4n) is 7.90. The number of carbonyl (C=O) groups is 4. The highest BCUT2D eigenvalue weighted by atomic mass is 32.1. The topological polar surface area (TPSA) is 138 Å². The molecule has 2 amide bonds. The number of nitrogens with zero attached hydrogens (tertiary/aromatic N) is 3. The summed E-state index contributed by atoms with van der Waals surface area (Å²) in [5, 5.41) is 15.0. The lowest BCUT2D eigenvalue weighted by Crippen LogP contribution is -2.49. The fraction of sp³-hybridized carbons (Fsp3) is 0.587. The Morgan fingerprint density at radius 1 is 1.00 bits per heavy atom. The van der Waals surface area contributed by atoms with Crippen molar-refractivity contribution in [1.29, 1.82) is 0 Å². The van der Waals surface area contributed by atoms with E-state index in [-0.39, 0.29) is 60.9 Å². The Bertz CT molecular complexity index is 1750. The predicted molar refractivity (Wildman–Crippen MR) is 228 cm³/mol. The summed E-state index contributed by atoms with van der Waals surface area (Å²) in [6.45, 7) is 13.2. The van der Waals surface area contributed by atoms with Crippen LogP contribution in [-0.2, 0) is 36.8 Å². The van der Waals surface area contributed by atoms with Crippen LogP contribution >= 0.6 is 11.3 Å². The number of likely N-dealkylation sites (tertiary alicyclic amines) is 1. The van der Waals surface area contributed by atoms with Crippen molar-refractivity contribution in [2.75, 3.05) is 27.5 Å². The van der Waals surface area contributed by atoms with Crippen molar-refractivity contribution in [3.63, 3.8) is 0 Å². The second-order valence-electron chi connectivity index (χ2n) is 16.6. The number of aliphatic carboxylic acids is 1. The van der Waals surface area contributed by atoms with Crippen molar-refractivity contribution in [1.82, 2.24) is 20.1 Å². The van der Waals surface area contributed by atoms with Gasteiger partial charge in [-0.15, -0.1) is 11.3 Å². The maximum absolute atomic E-state index is 15.1. The summed E-state index contributed by atoms with van der Waals surface area (Å²) in [5.74, 6) is -2.37. The molecule has 0 aliphatic carbocycles. The van der Waals surface area contributed by atoms with Crippen LogP contribution in [0.2, 0.25) is 0 Å². The minimum Gasteiger partial charge on any atom is -0.481 e. The molecule has 3 aromatic rings. The van der Waals surface area contributed by atoms with E-state index in [0.717, 1.165) is 48.9 Å². The van der Waals surface area contributed by atoms with Crippen LogP contribution in [0.15, 0.2) is 60.0 Å². The number of hydrogen-bond donors (Lipinski definition) is 2. The molecule has 0 bridgehead atoms. The number of thiazole rings is 1. The Morgan fingerprint density at radius 2 is 1.71 bits per heavy atom. The molecule has 12 heteroatoms. The molecule has 1 aliphatic rings. The van der Waals surface area contributed by atoms with Crippen LogP contribution in [0.1, 0.15) is 118 Å². The van der Waals surface area contributed by atoms with Crippen LogP contribution in [-0.4, -0.2) is 89.1 Å². The summed E-state index contributed by atoms with van der Waals surface area (Å²) in [6, 6.07) is 17.0. The number of rotatable bonds is 23. The second kappa shape index (κ2) is 23.0. The lowest BCUT2D eigenvalue weighted by atomic mass is 9.82. The number of carboxylic acid groups (broad SMARTS) is 1. The summed E-state index contributed by atoms with van der Waals surface area (Å²) in [5.41, 5.74) is 3.31. The summed E-state index contributed by atoms with van der Waals surface area (Å²) >= 11 is 1.31. The molecule has 1 fully saturated rings. The maximum Gasteiger partial charge on any atom is 0.306 e. The summed E-state index contributed by atoms with van der Waals surface area (Å²) in [4.78, 5) is 63.4. The molecule has 4 rings (SSSR count). The van der Waals surface area contributed by atoms with Gasteiger partial charge in [0.15, 0.2) is 5.78 Å². The number of ketones is 1. The molecule has 0 saturated carbocycles. The third kappa shape index (κ3) is 13.5. The molecule has 2 heterocycles. The van der Waals surface area contributed by atoms with Crippen LogP contribution in [0.3, 0.4) is 0 Å². The average molecular weight is 819 g/mol. The number of hydrogen-bond acceptors (Lipinski definition) is 9. The molecule has 58 heavy (non-hydrogen) atoms. The molecule has 2 aromatic carbocycles. The molecule has 7 atom stereocenters. The first kappa shape index (κ1) is 46.7. The summed E-state index contributed by atoms with van der Waals surface area (Å²) in [7, 11) is 3.56. The van der Waals surface area contributed by atoms with Crippen LogP contribution in [0, 0.1) is 30.6 Å². The average Bonchev–Trinajstić information content (AvgIpc) is 3.70. The number of carbonyl (C=O) groups excluding carboxylic acids is 3. The number of ether oxygens (including phenoxy) is 2. The first-order valence-electron chi connectivity index (χ1n) is 20.9. The lowest BCUT2D eigenvalue weighted by molar-refractivity contribution is -0.146. The number of amides is 2. The molecule has 0 radical (unpaired) electrons. The fourth-order valence-corrected chi connectivity index (χ4v) is 8.76. The molecule has 1 aliphatic heterocycles. The number of aryl methyl sites for hydroxylation is 1. The van der Waals surface area contributed by atoms with E-state index in [1.807, 2.05) is 73.5 Å². The normalized spacial score (nSPS) is 17.8. The highest BCUT2D eigenvalue weighted by Gasteiger charge is 2.39. The molecule has 3 unspecified atom stereocenters. The SMILES string of the molecule is CCC(C)C(CC(=O)C1CCCCN1C)C(=O)N(Cc1ccccc1)[C@H](C[C@@H](OCOC)c1nc(C(=O)N[C@@H](Cc2ccc(C)cc2)C[C@H](C)C(=O)O)cs1)C(C)C. The number of piperidine rings is 1. The first-order chi connectivity index (χ1) is 27.7. The number of Topliss-reactive ketones (excluding diaryl/α,β-unsaturated/α-hetero) is 1.